The van der Waals surface area contributed by atoms with Crippen molar-refractivity contribution in [3.8, 4) is 17.5 Å². The molecule has 5 rings (SSSR count). The van der Waals surface area contributed by atoms with E-state index in [1.165, 1.54) is 0 Å². The highest BCUT2D eigenvalue weighted by molar-refractivity contribution is 7.99. The molecule has 2 N–H and O–H groups in total. The summed E-state index contributed by atoms with van der Waals surface area (Å²) in [5.74, 6) is 1.47. The fourth-order valence-corrected chi connectivity index (χ4v) is 5.67. The molecule has 36 heavy (non-hydrogen) atoms. The van der Waals surface area contributed by atoms with Crippen LogP contribution in [0.2, 0.25) is 0 Å². The van der Waals surface area contributed by atoms with E-state index in [1.807, 2.05) is 42.9 Å². The molecule has 1 aliphatic heterocycles. The van der Waals surface area contributed by atoms with Crippen molar-refractivity contribution in [2.75, 3.05) is 16.4 Å². The zero-order chi connectivity index (χ0) is 25.2. The molecule has 1 aromatic carbocycles. The van der Waals surface area contributed by atoms with Crippen molar-refractivity contribution in [2.45, 2.75) is 25.1 Å². The minimum atomic E-state index is -0.283. The van der Waals surface area contributed by atoms with Crippen LogP contribution >= 0.6 is 11.8 Å². The summed E-state index contributed by atoms with van der Waals surface area (Å²) < 4.78 is 1.85. The molecule has 4 heterocycles. The molecule has 9 heteroatoms. The number of anilines is 2. The Morgan fingerprint density at radius 3 is 2.78 bits per heavy atom. The first kappa shape index (κ1) is 23.6. The quantitative estimate of drug-likeness (QED) is 0.412. The van der Waals surface area contributed by atoms with Gasteiger partial charge in [0.15, 0.2) is 0 Å². The summed E-state index contributed by atoms with van der Waals surface area (Å²) in [5, 5.41) is 21.2. The average Bonchev–Trinajstić information content (AvgIpc) is 3.10. The number of nitrogens with zero attached hydrogens (tertiary/aromatic N) is 5. The van der Waals surface area contributed by atoms with Crippen LogP contribution in [-0.4, -0.2) is 37.5 Å². The summed E-state index contributed by atoms with van der Waals surface area (Å²) in [4.78, 5) is 21.7. The number of carbonyl (C=O) groups excluding carboxylic acids is 1. The van der Waals surface area contributed by atoms with Gasteiger partial charge < -0.3 is 10.6 Å². The smallest absolute Gasteiger partial charge is 0.255 e. The lowest BCUT2D eigenvalue weighted by Gasteiger charge is -2.18. The summed E-state index contributed by atoms with van der Waals surface area (Å²) in [6.07, 6.45) is 3.43. The molecule has 0 radical (unpaired) electrons. The zero-order valence-corrected chi connectivity index (χ0v) is 21.0. The van der Waals surface area contributed by atoms with Crippen molar-refractivity contribution >= 4 is 29.2 Å². The third-order valence-corrected chi connectivity index (χ3v) is 7.64. The molecule has 0 aliphatic carbocycles. The standard InChI is InChI=1S/C27H25N7OS/c1-16-15-36-25(23-24(22-7-4-5-11-30-22)33-34(3)26(23)31-16)20-10-9-18(13-19(20)14-28)27(35)32-21-8-6-12-29-17(21)2/h4-13,16,25,31H,15H2,1-3H3,(H,32,35). The van der Waals surface area contributed by atoms with Crippen molar-refractivity contribution in [3.05, 3.63) is 88.9 Å². The van der Waals surface area contributed by atoms with Gasteiger partial charge in [0, 0.05) is 42.4 Å². The number of benzene rings is 1. The Hall–Kier alpha value is -4.16. The van der Waals surface area contributed by atoms with Gasteiger partial charge in [-0.15, -0.1) is 11.8 Å². The molecule has 0 spiro atoms. The van der Waals surface area contributed by atoms with Gasteiger partial charge >= 0.3 is 0 Å². The fourth-order valence-electron chi connectivity index (χ4n) is 4.33. The van der Waals surface area contributed by atoms with Gasteiger partial charge in [-0.1, -0.05) is 12.1 Å². The van der Waals surface area contributed by atoms with Crippen LogP contribution in [0.1, 0.15) is 44.9 Å². The van der Waals surface area contributed by atoms with E-state index in [-0.39, 0.29) is 17.2 Å². The molecule has 0 fully saturated rings. The Labute approximate surface area is 213 Å². The number of thioether (sulfide) groups is 1. The van der Waals surface area contributed by atoms with E-state index in [1.54, 1.807) is 48.4 Å². The second-order valence-corrected chi connectivity index (χ2v) is 9.85. The first-order valence-electron chi connectivity index (χ1n) is 11.6. The Morgan fingerprint density at radius 1 is 1.19 bits per heavy atom. The summed E-state index contributed by atoms with van der Waals surface area (Å²) >= 11 is 1.75. The van der Waals surface area contributed by atoms with E-state index in [0.717, 1.165) is 39.8 Å². The Kier molecular flexibility index (Phi) is 6.44. The third-order valence-electron chi connectivity index (χ3n) is 6.12. The predicted molar refractivity (Wildman–Crippen MR) is 142 cm³/mol. The van der Waals surface area contributed by atoms with Crippen LogP contribution in [0.15, 0.2) is 60.9 Å². The van der Waals surface area contributed by atoms with Crippen LogP contribution in [0.5, 0.6) is 0 Å². The third kappa shape index (κ3) is 4.43. The van der Waals surface area contributed by atoms with E-state index in [9.17, 15) is 10.1 Å². The molecule has 1 amide bonds. The zero-order valence-electron chi connectivity index (χ0n) is 20.2. The van der Waals surface area contributed by atoms with Crippen LogP contribution in [-0.2, 0) is 7.05 Å². The van der Waals surface area contributed by atoms with Gasteiger partial charge in [-0.05, 0) is 55.8 Å². The van der Waals surface area contributed by atoms with Crippen molar-refractivity contribution in [1.82, 2.24) is 19.7 Å². The van der Waals surface area contributed by atoms with Crippen LogP contribution in [0.3, 0.4) is 0 Å². The molecular weight excluding hydrogens is 470 g/mol. The fraction of sp³-hybridized carbons (Fsp3) is 0.222. The molecule has 0 saturated heterocycles. The second kappa shape index (κ2) is 9.84. The van der Waals surface area contributed by atoms with E-state index < -0.39 is 0 Å². The first-order chi connectivity index (χ1) is 17.5. The average molecular weight is 496 g/mol. The molecule has 0 bridgehead atoms. The Morgan fingerprint density at radius 2 is 2.03 bits per heavy atom. The lowest BCUT2D eigenvalue weighted by molar-refractivity contribution is 0.102. The minimum Gasteiger partial charge on any atom is -0.367 e. The maximum absolute atomic E-state index is 13.0. The number of hydrogen-bond acceptors (Lipinski definition) is 7. The molecule has 2 atom stereocenters. The SMILES string of the molecule is Cc1ncccc1NC(=O)c1ccc(C2SCC(C)Nc3c2c(-c2ccccn2)nn3C)c(C#N)c1. The Balaban J connectivity index is 1.57. The topological polar surface area (TPSA) is 109 Å². The van der Waals surface area contributed by atoms with Crippen molar-refractivity contribution in [3.63, 3.8) is 0 Å². The molecule has 1 aliphatic rings. The summed E-state index contributed by atoms with van der Waals surface area (Å²) in [6.45, 7) is 3.97. The number of aryl methyl sites for hydroxylation is 2. The number of amides is 1. The maximum Gasteiger partial charge on any atom is 0.255 e. The van der Waals surface area contributed by atoms with Crippen molar-refractivity contribution in [1.29, 1.82) is 5.26 Å². The van der Waals surface area contributed by atoms with E-state index in [0.29, 0.717) is 16.8 Å². The highest BCUT2D eigenvalue weighted by Crippen LogP contribution is 2.47. The lowest BCUT2D eigenvalue weighted by atomic mass is 9.96. The molecule has 8 nitrogen and oxygen atoms in total. The van der Waals surface area contributed by atoms with Crippen LogP contribution in [0.25, 0.3) is 11.4 Å². The number of fused-ring (bicyclic) bond motifs is 1. The van der Waals surface area contributed by atoms with Crippen LogP contribution < -0.4 is 10.6 Å². The lowest BCUT2D eigenvalue weighted by Crippen LogP contribution is -2.18. The van der Waals surface area contributed by atoms with Gasteiger partial charge in [0.25, 0.3) is 5.91 Å². The van der Waals surface area contributed by atoms with Gasteiger partial charge in [0.1, 0.15) is 11.5 Å². The monoisotopic (exact) mass is 495 g/mol. The molecule has 0 saturated carbocycles. The molecule has 3 aromatic heterocycles. The molecule has 2 unspecified atom stereocenters. The number of nitrogens with one attached hydrogen (secondary N) is 2. The van der Waals surface area contributed by atoms with E-state index >= 15 is 0 Å². The minimum absolute atomic E-state index is 0.157. The Bertz CT molecular complexity index is 1480. The molecular formula is C27H25N7OS. The summed E-state index contributed by atoms with van der Waals surface area (Å²) in [6, 6.07) is 17.2. The number of rotatable bonds is 4. The molecule has 180 valence electrons. The highest BCUT2D eigenvalue weighted by Gasteiger charge is 2.32. The van der Waals surface area contributed by atoms with Gasteiger partial charge in [0.05, 0.1) is 34.0 Å². The first-order valence-corrected chi connectivity index (χ1v) is 12.6. The number of hydrogen-bond donors (Lipinski definition) is 2. The predicted octanol–water partition coefficient (Wildman–Crippen LogP) is 4.95. The number of carbonyl (C=O) groups is 1. The van der Waals surface area contributed by atoms with Crippen LogP contribution in [0.4, 0.5) is 11.5 Å². The highest BCUT2D eigenvalue weighted by atomic mass is 32.2. The molecule has 4 aromatic rings. The van der Waals surface area contributed by atoms with E-state index in [2.05, 4.69) is 33.6 Å². The number of pyridine rings is 2. The normalized spacial score (nSPS) is 16.8. The van der Waals surface area contributed by atoms with Crippen molar-refractivity contribution < 1.29 is 4.79 Å². The summed E-state index contributed by atoms with van der Waals surface area (Å²) in [7, 11) is 1.91. The maximum atomic E-state index is 13.0. The van der Waals surface area contributed by atoms with Gasteiger partial charge in [-0.25, -0.2) is 0 Å². The van der Waals surface area contributed by atoms with Gasteiger partial charge in [-0.2, -0.15) is 10.4 Å². The van der Waals surface area contributed by atoms with E-state index in [4.69, 9.17) is 5.10 Å². The number of aromatic nitrogens is 4. The van der Waals surface area contributed by atoms with Crippen LogP contribution in [0, 0.1) is 18.3 Å². The second-order valence-electron chi connectivity index (χ2n) is 8.71. The largest absolute Gasteiger partial charge is 0.367 e. The van der Waals surface area contributed by atoms with Gasteiger partial charge in [-0.3, -0.25) is 19.4 Å². The summed E-state index contributed by atoms with van der Waals surface area (Å²) in [5.41, 5.74) is 5.64. The number of nitriles is 1. The van der Waals surface area contributed by atoms with Crippen molar-refractivity contribution in [2.24, 2.45) is 7.05 Å². The van der Waals surface area contributed by atoms with Gasteiger partial charge in [0.2, 0.25) is 0 Å².